The summed E-state index contributed by atoms with van der Waals surface area (Å²) >= 11 is 0. The fraction of sp³-hybridized carbons (Fsp3) is 0.800. The fourth-order valence-electron chi connectivity index (χ4n) is 0.666. The third kappa shape index (κ3) is 11.9. The van der Waals surface area contributed by atoms with Gasteiger partial charge in [-0.2, -0.15) is 0 Å². The van der Waals surface area contributed by atoms with Gasteiger partial charge in [0.05, 0.1) is 13.2 Å². The third-order valence-corrected chi connectivity index (χ3v) is 2.41. The van der Waals surface area contributed by atoms with Crippen LogP contribution in [0.3, 0.4) is 0 Å². The minimum Gasteiger partial charge on any atom is -0.415 e. The number of rotatable bonds is 8. The van der Waals surface area contributed by atoms with Gasteiger partial charge in [-0.3, -0.25) is 0 Å². The zero-order chi connectivity index (χ0) is 10.1. The highest BCUT2D eigenvalue weighted by Gasteiger charge is 1.94. The molecule has 0 aromatic heterocycles. The minimum absolute atomic E-state index is 0.539. The summed E-state index contributed by atoms with van der Waals surface area (Å²) < 4.78 is 10.7. The molecule has 0 aliphatic heterocycles. The van der Waals surface area contributed by atoms with Crippen molar-refractivity contribution in [3.05, 3.63) is 12.2 Å². The van der Waals surface area contributed by atoms with E-state index in [0.717, 1.165) is 12.7 Å². The van der Waals surface area contributed by atoms with Crippen LogP contribution in [0.4, 0.5) is 0 Å². The summed E-state index contributed by atoms with van der Waals surface area (Å²) in [7, 11) is 0.539. The van der Waals surface area contributed by atoms with Gasteiger partial charge in [0, 0.05) is 6.61 Å². The molecule has 0 N–H and O–H groups in total. The van der Waals surface area contributed by atoms with Gasteiger partial charge in [0.15, 0.2) is 0 Å². The summed E-state index contributed by atoms with van der Waals surface area (Å²) in [5, 5.41) is 0. The Hall–Kier alpha value is -0.123. The van der Waals surface area contributed by atoms with Crippen molar-refractivity contribution in [3.63, 3.8) is 0 Å². The molecule has 2 radical (unpaired) electrons. The van der Waals surface area contributed by atoms with E-state index in [9.17, 15) is 0 Å². The quantitative estimate of drug-likeness (QED) is 0.340. The second kappa shape index (κ2) is 8.47. The molecule has 3 heteroatoms. The molecule has 0 aromatic carbocycles. The second-order valence-corrected chi connectivity index (χ2v) is 4.53. The van der Waals surface area contributed by atoms with E-state index < -0.39 is 0 Å². The van der Waals surface area contributed by atoms with Gasteiger partial charge in [0.2, 0.25) is 9.76 Å². The van der Waals surface area contributed by atoms with Crippen LogP contribution in [-0.4, -0.2) is 29.6 Å². The molecule has 0 rings (SSSR count). The highest BCUT2D eigenvalue weighted by molar-refractivity contribution is 6.28. The number of hydrogen-bond donors (Lipinski definition) is 0. The molecule has 0 aliphatic rings. The Morgan fingerprint density at radius 1 is 1.38 bits per heavy atom. The first kappa shape index (κ1) is 12.9. The molecule has 0 bridgehead atoms. The van der Waals surface area contributed by atoms with Crippen LogP contribution in [-0.2, 0) is 9.16 Å². The first-order chi connectivity index (χ1) is 6.13. The average Bonchev–Trinajstić information content (AvgIpc) is 2.01. The second-order valence-electron chi connectivity index (χ2n) is 3.60. The Balaban J connectivity index is 2.96. The van der Waals surface area contributed by atoms with Crippen molar-refractivity contribution in [1.29, 1.82) is 0 Å². The van der Waals surface area contributed by atoms with Crippen LogP contribution in [0.5, 0.6) is 0 Å². The standard InChI is InChI=1S/C10H20O2Si/c1-9(2)7-11-5-6-12-13-8-10(3)4/h9H,3,5-8H2,1-2,4H3. The first-order valence-corrected chi connectivity index (χ1v) is 5.81. The lowest BCUT2D eigenvalue weighted by Gasteiger charge is -2.06. The Kier molecular flexibility index (Phi) is 8.39. The van der Waals surface area contributed by atoms with Crippen molar-refractivity contribution >= 4 is 9.76 Å². The molecular weight excluding hydrogens is 180 g/mol. The van der Waals surface area contributed by atoms with E-state index in [-0.39, 0.29) is 0 Å². The first-order valence-electron chi connectivity index (χ1n) is 4.69. The largest absolute Gasteiger partial charge is 0.415 e. The molecule has 0 saturated heterocycles. The maximum absolute atomic E-state index is 5.37. The molecule has 0 atom stereocenters. The zero-order valence-corrected chi connectivity index (χ0v) is 9.93. The molecule has 0 saturated carbocycles. The van der Waals surface area contributed by atoms with Gasteiger partial charge in [-0.15, -0.1) is 6.58 Å². The van der Waals surface area contributed by atoms with E-state index in [1.54, 1.807) is 0 Å². The Morgan fingerprint density at radius 3 is 2.62 bits per heavy atom. The van der Waals surface area contributed by atoms with Gasteiger partial charge >= 0.3 is 0 Å². The molecule has 13 heavy (non-hydrogen) atoms. The lowest BCUT2D eigenvalue weighted by atomic mass is 10.2. The van der Waals surface area contributed by atoms with Crippen LogP contribution in [0.1, 0.15) is 20.8 Å². The van der Waals surface area contributed by atoms with Crippen molar-refractivity contribution in [2.45, 2.75) is 26.8 Å². The zero-order valence-electron chi connectivity index (χ0n) is 8.93. The Labute approximate surface area is 84.3 Å². The van der Waals surface area contributed by atoms with E-state index in [4.69, 9.17) is 9.16 Å². The smallest absolute Gasteiger partial charge is 0.234 e. The molecule has 2 nitrogen and oxygen atoms in total. The summed E-state index contributed by atoms with van der Waals surface area (Å²) in [6.45, 7) is 12.4. The summed E-state index contributed by atoms with van der Waals surface area (Å²) in [5.41, 5.74) is 1.18. The molecular formula is C10H20O2Si. The van der Waals surface area contributed by atoms with Gasteiger partial charge in [0.25, 0.3) is 0 Å². The van der Waals surface area contributed by atoms with Crippen LogP contribution in [0.25, 0.3) is 0 Å². The molecule has 0 amide bonds. The highest BCUT2D eigenvalue weighted by atomic mass is 28.2. The van der Waals surface area contributed by atoms with Gasteiger partial charge in [-0.05, 0) is 18.9 Å². The Bertz CT molecular complexity index is 135. The van der Waals surface area contributed by atoms with Gasteiger partial charge in [0.1, 0.15) is 0 Å². The topological polar surface area (TPSA) is 18.5 Å². The van der Waals surface area contributed by atoms with Crippen LogP contribution in [0.2, 0.25) is 6.04 Å². The van der Waals surface area contributed by atoms with Crippen molar-refractivity contribution in [3.8, 4) is 0 Å². The van der Waals surface area contributed by atoms with E-state index in [1.807, 2.05) is 6.92 Å². The molecule has 0 unspecified atom stereocenters. The third-order valence-electron chi connectivity index (χ3n) is 1.26. The SMILES string of the molecule is C=C(C)C[Si]OCCOCC(C)C. The minimum atomic E-state index is 0.539. The predicted octanol–water partition coefficient (Wildman–Crippen LogP) is 2.29. The van der Waals surface area contributed by atoms with Gasteiger partial charge in [-0.25, -0.2) is 0 Å². The van der Waals surface area contributed by atoms with E-state index >= 15 is 0 Å². The van der Waals surface area contributed by atoms with Gasteiger partial charge in [-0.1, -0.05) is 19.4 Å². The van der Waals surface area contributed by atoms with Crippen molar-refractivity contribution in [2.24, 2.45) is 5.92 Å². The van der Waals surface area contributed by atoms with Crippen LogP contribution in [0, 0.1) is 5.92 Å². The highest BCUT2D eigenvalue weighted by Crippen LogP contribution is 1.95. The van der Waals surface area contributed by atoms with E-state index in [0.29, 0.717) is 28.9 Å². The lowest BCUT2D eigenvalue weighted by molar-refractivity contribution is 0.0830. The fourth-order valence-corrected chi connectivity index (χ4v) is 1.24. The maximum atomic E-state index is 5.37. The normalized spacial score (nSPS) is 10.8. The average molecular weight is 200 g/mol. The predicted molar refractivity (Wildman–Crippen MR) is 57.0 cm³/mol. The summed E-state index contributed by atoms with van der Waals surface area (Å²) in [5.74, 6) is 0.609. The van der Waals surface area contributed by atoms with Crippen molar-refractivity contribution < 1.29 is 9.16 Å². The molecule has 0 heterocycles. The molecule has 0 fully saturated rings. The molecule has 0 aliphatic carbocycles. The number of ether oxygens (including phenoxy) is 1. The van der Waals surface area contributed by atoms with Crippen molar-refractivity contribution in [2.75, 3.05) is 19.8 Å². The van der Waals surface area contributed by atoms with Crippen LogP contribution < -0.4 is 0 Å². The Morgan fingerprint density at radius 2 is 2.08 bits per heavy atom. The van der Waals surface area contributed by atoms with E-state index in [2.05, 4.69) is 20.4 Å². The molecule has 0 spiro atoms. The van der Waals surface area contributed by atoms with Crippen LogP contribution >= 0.6 is 0 Å². The summed E-state index contributed by atoms with van der Waals surface area (Å²) in [6.07, 6.45) is 0. The maximum Gasteiger partial charge on any atom is 0.234 e. The number of hydrogen-bond acceptors (Lipinski definition) is 2. The lowest BCUT2D eigenvalue weighted by Crippen LogP contribution is -2.10. The van der Waals surface area contributed by atoms with Gasteiger partial charge < -0.3 is 9.16 Å². The molecule has 76 valence electrons. The summed E-state index contributed by atoms with van der Waals surface area (Å²) in [6, 6.07) is 0.976. The monoisotopic (exact) mass is 200 g/mol. The summed E-state index contributed by atoms with van der Waals surface area (Å²) in [4.78, 5) is 0. The van der Waals surface area contributed by atoms with Crippen LogP contribution in [0.15, 0.2) is 12.2 Å². The van der Waals surface area contributed by atoms with Crippen molar-refractivity contribution in [1.82, 2.24) is 0 Å². The van der Waals surface area contributed by atoms with E-state index in [1.165, 1.54) is 5.57 Å². The molecule has 0 aromatic rings. The number of allylic oxidation sites excluding steroid dienone is 1.